The Morgan fingerprint density at radius 1 is 1.50 bits per heavy atom. The van der Waals surface area contributed by atoms with Crippen molar-refractivity contribution in [2.45, 2.75) is 6.42 Å². The van der Waals surface area contributed by atoms with Gasteiger partial charge < -0.3 is 4.57 Å². The van der Waals surface area contributed by atoms with Crippen molar-refractivity contribution < 1.29 is 4.79 Å². The number of hydrogen-bond donors (Lipinski definition) is 1. The molecule has 1 N–H and O–H groups in total. The van der Waals surface area contributed by atoms with Crippen molar-refractivity contribution in [3.63, 3.8) is 0 Å². The SMILES string of the molecule is Cn1cccc1CC(=O)N/N=C/c1cccnc1. The van der Waals surface area contributed by atoms with Gasteiger partial charge in [0.2, 0.25) is 5.91 Å². The minimum Gasteiger partial charge on any atom is -0.354 e. The number of rotatable bonds is 4. The van der Waals surface area contributed by atoms with Gasteiger partial charge in [-0.25, -0.2) is 5.43 Å². The first-order valence-corrected chi connectivity index (χ1v) is 5.58. The van der Waals surface area contributed by atoms with Crippen LogP contribution in [0.2, 0.25) is 0 Å². The summed E-state index contributed by atoms with van der Waals surface area (Å²) < 4.78 is 1.91. The van der Waals surface area contributed by atoms with Crippen molar-refractivity contribution in [3.05, 3.63) is 54.1 Å². The van der Waals surface area contributed by atoms with Gasteiger partial charge in [0, 0.05) is 36.9 Å². The highest BCUT2D eigenvalue weighted by molar-refractivity contribution is 5.82. The largest absolute Gasteiger partial charge is 0.354 e. The van der Waals surface area contributed by atoms with Gasteiger partial charge in [-0.1, -0.05) is 6.07 Å². The third-order valence-corrected chi connectivity index (χ3v) is 2.48. The fraction of sp³-hybridized carbons (Fsp3) is 0.154. The smallest absolute Gasteiger partial charge is 0.245 e. The average molecular weight is 242 g/mol. The Balaban J connectivity index is 1.86. The third-order valence-electron chi connectivity index (χ3n) is 2.48. The molecule has 2 heterocycles. The van der Waals surface area contributed by atoms with E-state index in [2.05, 4.69) is 15.5 Å². The summed E-state index contributed by atoms with van der Waals surface area (Å²) in [6.45, 7) is 0. The van der Waals surface area contributed by atoms with E-state index in [0.717, 1.165) is 11.3 Å². The molecule has 0 aliphatic rings. The first-order chi connectivity index (χ1) is 8.75. The zero-order chi connectivity index (χ0) is 12.8. The molecule has 0 fully saturated rings. The molecule has 0 spiro atoms. The number of carbonyl (C=O) groups is 1. The van der Waals surface area contributed by atoms with E-state index in [1.807, 2.05) is 42.1 Å². The summed E-state index contributed by atoms with van der Waals surface area (Å²) in [5, 5.41) is 3.88. The highest BCUT2D eigenvalue weighted by atomic mass is 16.2. The van der Waals surface area contributed by atoms with Crippen LogP contribution in [0.4, 0.5) is 0 Å². The Bertz CT molecular complexity index is 545. The number of aromatic nitrogens is 2. The lowest BCUT2D eigenvalue weighted by Crippen LogP contribution is -2.20. The van der Waals surface area contributed by atoms with Crippen LogP contribution in [0.3, 0.4) is 0 Å². The topological polar surface area (TPSA) is 59.3 Å². The maximum absolute atomic E-state index is 11.6. The number of carbonyl (C=O) groups excluding carboxylic acids is 1. The van der Waals surface area contributed by atoms with Gasteiger partial charge in [-0.15, -0.1) is 0 Å². The molecule has 0 saturated carbocycles. The maximum atomic E-state index is 11.6. The molecule has 18 heavy (non-hydrogen) atoms. The molecule has 0 bridgehead atoms. The van der Waals surface area contributed by atoms with Gasteiger partial charge in [0.25, 0.3) is 0 Å². The van der Waals surface area contributed by atoms with Crippen LogP contribution in [-0.2, 0) is 18.3 Å². The number of hydrogen-bond acceptors (Lipinski definition) is 3. The minimum absolute atomic E-state index is 0.142. The Morgan fingerprint density at radius 2 is 2.39 bits per heavy atom. The molecule has 0 radical (unpaired) electrons. The number of hydrazone groups is 1. The molecule has 0 saturated heterocycles. The van der Waals surface area contributed by atoms with Crippen molar-refractivity contribution in [2.75, 3.05) is 0 Å². The summed E-state index contributed by atoms with van der Waals surface area (Å²) in [6.07, 6.45) is 7.14. The van der Waals surface area contributed by atoms with Crippen LogP contribution >= 0.6 is 0 Å². The van der Waals surface area contributed by atoms with Crippen LogP contribution in [0.15, 0.2) is 48.0 Å². The van der Waals surface area contributed by atoms with Crippen LogP contribution in [-0.4, -0.2) is 21.7 Å². The van der Waals surface area contributed by atoms with Gasteiger partial charge in [0.15, 0.2) is 0 Å². The second-order valence-electron chi connectivity index (χ2n) is 3.87. The predicted octanol–water partition coefficient (Wildman–Crippen LogP) is 1.11. The molecule has 2 rings (SSSR count). The van der Waals surface area contributed by atoms with E-state index in [9.17, 15) is 4.79 Å². The second-order valence-corrected chi connectivity index (χ2v) is 3.87. The van der Waals surface area contributed by atoms with Crippen molar-refractivity contribution >= 4 is 12.1 Å². The zero-order valence-corrected chi connectivity index (χ0v) is 10.1. The summed E-state index contributed by atoms with van der Waals surface area (Å²) >= 11 is 0. The number of aryl methyl sites for hydroxylation is 1. The van der Waals surface area contributed by atoms with Gasteiger partial charge >= 0.3 is 0 Å². The number of nitrogens with zero attached hydrogens (tertiary/aromatic N) is 3. The number of amides is 1. The summed E-state index contributed by atoms with van der Waals surface area (Å²) in [7, 11) is 1.90. The van der Waals surface area contributed by atoms with Gasteiger partial charge in [-0.05, 0) is 18.2 Å². The molecule has 5 heteroatoms. The monoisotopic (exact) mass is 242 g/mol. The Hall–Kier alpha value is -2.43. The summed E-state index contributed by atoms with van der Waals surface area (Å²) in [5.74, 6) is -0.142. The molecule has 1 amide bonds. The van der Waals surface area contributed by atoms with E-state index in [0.29, 0.717) is 6.42 Å². The summed E-state index contributed by atoms with van der Waals surface area (Å²) in [6, 6.07) is 7.49. The van der Waals surface area contributed by atoms with Crippen molar-refractivity contribution in [3.8, 4) is 0 Å². The Labute approximate surface area is 105 Å². The van der Waals surface area contributed by atoms with E-state index in [-0.39, 0.29) is 5.91 Å². The highest BCUT2D eigenvalue weighted by Gasteiger charge is 2.04. The molecule has 0 atom stereocenters. The highest BCUT2D eigenvalue weighted by Crippen LogP contribution is 2.00. The van der Waals surface area contributed by atoms with Crippen molar-refractivity contribution in [1.82, 2.24) is 15.0 Å². The third kappa shape index (κ3) is 3.28. The van der Waals surface area contributed by atoms with E-state index < -0.39 is 0 Å². The van der Waals surface area contributed by atoms with E-state index in [1.165, 1.54) is 0 Å². The van der Waals surface area contributed by atoms with Gasteiger partial charge in [0.1, 0.15) is 0 Å². The zero-order valence-electron chi connectivity index (χ0n) is 10.1. The predicted molar refractivity (Wildman–Crippen MR) is 69.1 cm³/mol. The lowest BCUT2D eigenvalue weighted by molar-refractivity contribution is -0.120. The van der Waals surface area contributed by atoms with E-state index in [1.54, 1.807) is 18.6 Å². The molecule has 0 aromatic carbocycles. The lowest BCUT2D eigenvalue weighted by atomic mass is 10.3. The molecule has 5 nitrogen and oxygen atoms in total. The molecule has 0 unspecified atom stereocenters. The molecule has 92 valence electrons. The fourth-order valence-electron chi connectivity index (χ4n) is 1.52. The molecular formula is C13H14N4O. The first-order valence-electron chi connectivity index (χ1n) is 5.58. The minimum atomic E-state index is -0.142. The fourth-order valence-corrected chi connectivity index (χ4v) is 1.52. The van der Waals surface area contributed by atoms with Crippen LogP contribution in [0, 0.1) is 0 Å². The van der Waals surface area contributed by atoms with E-state index in [4.69, 9.17) is 0 Å². The summed E-state index contributed by atoms with van der Waals surface area (Å²) in [5.41, 5.74) is 4.28. The normalized spacial score (nSPS) is 10.7. The molecule has 2 aromatic heterocycles. The first kappa shape index (κ1) is 12.0. The Kier molecular flexibility index (Phi) is 3.86. The van der Waals surface area contributed by atoms with Gasteiger partial charge in [0.05, 0.1) is 12.6 Å². The number of nitrogens with one attached hydrogen (secondary N) is 1. The molecule has 0 aliphatic heterocycles. The lowest BCUT2D eigenvalue weighted by Gasteiger charge is -2.01. The van der Waals surface area contributed by atoms with Crippen molar-refractivity contribution in [1.29, 1.82) is 0 Å². The van der Waals surface area contributed by atoms with Crippen LogP contribution in [0.1, 0.15) is 11.3 Å². The van der Waals surface area contributed by atoms with Gasteiger partial charge in [-0.2, -0.15) is 5.10 Å². The standard InChI is InChI=1S/C13H14N4O/c1-17-7-3-5-12(17)8-13(18)16-15-10-11-4-2-6-14-9-11/h2-7,9-10H,8H2,1H3,(H,16,18)/b15-10+. The molecule has 0 aliphatic carbocycles. The Morgan fingerprint density at radius 3 is 3.06 bits per heavy atom. The van der Waals surface area contributed by atoms with Gasteiger partial charge in [-0.3, -0.25) is 9.78 Å². The van der Waals surface area contributed by atoms with Crippen LogP contribution in [0.5, 0.6) is 0 Å². The molecule has 2 aromatic rings. The van der Waals surface area contributed by atoms with Crippen LogP contribution < -0.4 is 5.43 Å². The molecular weight excluding hydrogens is 228 g/mol. The average Bonchev–Trinajstić information content (AvgIpc) is 2.76. The maximum Gasteiger partial charge on any atom is 0.245 e. The van der Waals surface area contributed by atoms with Crippen molar-refractivity contribution in [2.24, 2.45) is 12.1 Å². The van der Waals surface area contributed by atoms with E-state index >= 15 is 0 Å². The van der Waals surface area contributed by atoms with Crippen LogP contribution in [0.25, 0.3) is 0 Å². The quantitative estimate of drug-likeness (QED) is 0.645. The summed E-state index contributed by atoms with van der Waals surface area (Å²) in [4.78, 5) is 15.5. The second kappa shape index (κ2) is 5.77. The number of pyridine rings is 1.